The van der Waals surface area contributed by atoms with Crippen LogP contribution in [0.3, 0.4) is 0 Å². The fraction of sp³-hybridized carbons (Fsp3) is 0.273. The van der Waals surface area contributed by atoms with Crippen molar-refractivity contribution in [2.45, 2.75) is 11.6 Å². The monoisotopic (exact) mass is 312 g/mol. The second-order valence-corrected chi connectivity index (χ2v) is 5.44. The highest BCUT2D eigenvalue weighted by Crippen LogP contribution is 2.22. The Labute approximate surface area is 124 Å². The molecule has 1 amide bonds. The second kappa shape index (κ2) is 6.58. The van der Waals surface area contributed by atoms with E-state index in [1.165, 1.54) is 11.8 Å². The molecular weight excluding hydrogens is 300 g/mol. The van der Waals surface area contributed by atoms with E-state index in [1.807, 2.05) is 0 Å². The molecule has 106 valence electrons. The van der Waals surface area contributed by atoms with Crippen molar-refractivity contribution >= 4 is 40.6 Å². The number of carbonyl (C=O) groups is 1. The zero-order chi connectivity index (χ0) is 14.5. The molecule has 0 aliphatic heterocycles. The number of hydrogen-bond acceptors (Lipinski definition) is 6. The summed E-state index contributed by atoms with van der Waals surface area (Å²) in [6, 6.07) is 4.97. The first-order valence-corrected chi connectivity index (χ1v) is 7.12. The summed E-state index contributed by atoms with van der Waals surface area (Å²) in [5, 5.41) is 14.9. The molecule has 0 aliphatic rings. The van der Waals surface area contributed by atoms with Crippen LogP contribution in [0.15, 0.2) is 23.4 Å². The van der Waals surface area contributed by atoms with E-state index in [2.05, 4.69) is 20.8 Å². The number of rotatable bonds is 5. The van der Waals surface area contributed by atoms with Gasteiger partial charge in [0.2, 0.25) is 11.1 Å². The Bertz CT molecular complexity index is 617. The third-order valence-corrected chi connectivity index (χ3v) is 3.78. The average Bonchev–Trinajstić information content (AvgIpc) is 2.80. The van der Waals surface area contributed by atoms with Crippen molar-refractivity contribution in [3.05, 3.63) is 23.2 Å². The Morgan fingerprint density at radius 3 is 3.00 bits per heavy atom. The maximum atomic E-state index is 11.8. The summed E-state index contributed by atoms with van der Waals surface area (Å²) in [7, 11) is 1.75. The number of tetrazole rings is 1. The van der Waals surface area contributed by atoms with Crippen LogP contribution in [0.2, 0.25) is 5.02 Å². The van der Waals surface area contributed by atoms with Gasteiger partial charge in [-0.05, 0) is 28.6 Å². The largest absolute Gasteiger partial charge is 0.397 e. The molecule has 0 aliphatic carbocycles. The average molecular weight is 313 g/mol. The molecule has 9 heteroatoms. The molecule has 7 nitrogen and oxygen atoms in total. The lowest BCUT2D eigenvalue weighted by atomic mass is 10.2. The van der Waals surface area contributed by atoms with Crippen LogP contribution < -0.4 is 11.1 Å². The Morgan fingerprint density at radius 2 is 2.35 bits per heavy atom. The number of amides is 1. The Balaban J connectivity index is 1.80. The minimum Gasteiger partial charge on any atom is -0.397 e. The van der Waals surface area contributed by atoms with Gasteiger partial charge in [0.15, 0.2) is 0 Å². The van der Waals surface area contributed by atoms with Crippen molar-refractivity contribution < 1.29 is 4.79 Å². The van der Waals surface area contributed by atoms with Gasteiger partial charge in [-0.3, -0.25) is 4.79 Å². The van der Waals surface area contributed by atoms with Crippen LogP contribution in [-0.4, -0.2) is 31.9 Å². The molecule has 0 atom stereocenters. The van der Waals surface area contributed by atoms with Gasteiger partial charge in [-0.15, -0.1) is 5.10 Å². The Kier molecular flexibility index (Phi) is 4.80. The first-order chi connectivity index (χ1) is 9.56. The molecule has 1 heterocycles. The van der Waals surface area contributed by atoms with E-state index >= 15 is 0 Å². The van der Waals surface area contributed by atoms with Crippen molar-refractivity contribution in [3.63, 3.8) is 0 Å². The van der Waals surface area contributed by atoms with Crippen molar-refractivity contribution in [3.8, 4) is 0 Å². The molecule has 0 saturated heterocycles. The molecular formula is C11H13ClN6OS. The van der Waals surface area contributed by atoms with Gasteiger partial charge >= 0.3 is 0 Å². The fourth-order valence-corrected chi connectivity index (χ4v) is 2.33. The molecule has 2 aromatic rings. The van der Waals surface area contributed by atoms with Crippen molar-refractivity contribution in [1.82, 2.24) is 20.2 Å². The summed E-state index contributed by atoms with van der Waals surface area (Å²) in [6.07, 6.45) is 0.347. The third kappa shape index (κ3) is 3.84. The van der Waals surface area contributed by atoms with E-state index in [0.717, 1.165) is 0 Å². The lowest BCUT2D eigenvalue weighted by Gasteiger charge is -2.06. The van der Waals surface area contributed by atoms with Crippen molar-refractivity contribution in [2.24, 2.45) is 7.05 Å². The van der Waals surface area contributed by atoms with Gasteiger partial charge in [-0.2, -0.15) is 0 Å². The number of benzene rings is 1. The lowest BCUT2D eigenvalue weighted by Crippen LogP contribution is -2.12. The maximum Gasteiger partial charge on any atom is 0.225 e. The number of nitrogen functional groups attached to an aromatic ring is 1. The number of aromatic nitrogens is 4. The molecule has 0 fully saturated rings. The van der Waals surface area contributed by atoms with E-state index in [0.29, 0.717) is 33.7 Å². The van der Waals surface area contributed by atoms with Crippen LogP contribution in [0, 0.1) is 0 Å². The maximum absolute atomic E-state index is 11.8. The first-order valence-electron chi connectivity index (χ1n) is 5.76. The van der Waals surface area contributed by atoms with E-state index < -0.39 is 0 Å². The van der Waals surface area contributed by atoms with Gasteiger partial charge in [0.1, 0.15) is 0 Å². The number of hydrogen-bond donors (Lipinski definition) is 2. The molecule has 1 aromatic carbocycles. The SMILES string of the molecule is Cn1nnnc1SCCC(=O)Nc1ccc(Cl)c(N)c1. The lowest BCUT2D eigenvalue weighted by molar-refractivity contribution is -0.115. The number of nitrogens with one attached hydrogen (secondary N) is 1. The van der Waals surface area contributed by atoms with Crippen LogP contribution >= 0.6 is 23.4 Å². The summed E-state index contributed by atoms with van der Waals surface area (Å²) >= 11 is 7.23. The first kappa shape index (κ1) is 14.6. The number of anilines is 2. The zero-order valence-corrected chi connectivity index (χ0v) is 12.3. The number of nitrogens with zero attached hydrogens (tertiary/aromatic N) is 4. The summed E-state index contributed by atoms with van der Waals surface area (Å²) in [5.74, 6) is 0.484. The van der Waals surface area contributed by atoms with Gasteiger partial charge in [0.05, 0.1) is 10.7 Å². The minimum atomic E-state index is -0.102. The number of thioether (sulfide) groups is 1. The predicted molar refractivity (Wildman–Crippen MR) is 78.6 cm³/mol. The Hall–Kier alpha value is -1.80. The third-order valence-electron chi connectivity index (χ3n) is 2.42. The predicted octanol–water partition coefficient (Wildman–Crippen LogP) is 1.57. The molecule has 0 saturated carbocycles. The number of halogens is 1. The normalized spacial score (nSPS) is 10.5. The standard InChI is InChI=1S/C11H13ClN6OS/c1-18-11(15-16-17-18)20-5-4-10(19)14-7-2-3-8(12)9(13)6-7/h2-3,6H,4-5,13H2,1H3,(H,14,19). The van der Waals surface area contributed by atoms with E-state index in [4.69, 9.17) is 17.3 Å². The van der Waals surface area contributed by atoms with Crippen LogP contribution in [0.5, 0.6) is 0 Å². The summed E-state index contributed by atoms with van der Waals surface area (Å²) < 4.78 is 1.56. The number of aryl methyl sites for hydroxylation is 1. The highest BCUT2D eigenvalue weighted by atomic mass is 35.5. The van der Waals surface area contributed by atoms with Gasteiger partial charge in [0.25, 0.3) is 0 Å². The highest BCUT2D eigenvalue weighted by Gasteiger charge is 2.07. The molecule has 20 heavy (non-hydrogen) atoms. The molecule has 1 aromatic heterocycles. The Morgan fingerprint density at radius 1 is 1.55 bits per heavy atom. The van der Waals surface area contributed by atoms with E-state index in [1.54, 1.807) is 29.9 Å². The molecule has 3 N–H and O–H groups in total. The summed E-state index contributed by atoms with van der Waals surface area (Å²) in [5.41, 5.74) is 6.73. The number of carbonyl (C=O) groups excluding carboxylic acids is 1. The smallest absolute Gasteiger partial charge is 0.225 e. The quantitative estimate of drug-likeness (QED) is 0.642. The van der Waals surface area contributed by atoms with E-state index in [9.17, 15) is 4.79 Å². The van der Waals surface area contributed by atoms with Crippen LogP contribution in [0.25, 0.3) is 0 Å². The fourth-order valence-electron chi connectivity index (χ4n) is 1.42. The molecule has 0 bridgehead atoms. The van der Waals surface area contributed by atoms with Crippen LogP contribution in [-0.2, 0) is 11.8 Å². The molecule has 0 radical (unpaired) electrons. The minimum absolute atomic E-state index is 0.102. The van der Waals surface area contributed by atoms with Crippen LogP contribution in [0.4, 0.5) is 11.4 Å². The molecule has 0 unspecified atom stereocenters. The zero-order valence-electron chi connectivity index (χ0n) is 10.7. The van der Waals surface area contributed by atoms with Gasteiger partial charge in [0, 0.05) is 24.9 Å². The molecule has 0 spiro atoms. The van der Waals surface area contributed by atoms with Crippen LogP contribution in [0.1, 0.15) is 6.42 Å². The van der Waals surface area contributed by atoms with E-state index in [-0.39, 0.29) is 5.91 Å². The summed E-state index contributed by atoms with van der Waals surface area (Å²) in [4.78, 5) is 11.8. The second-order valence-electron chi connectivity index (χ2n) is 3.97. The van der Waals surface area contributed by atoms with Crippen molar-refractivity contribution in [2.75, 3.05) is 16.8 Å². The van der Waals surface area contributed by atoms with Crippen molar-refractivity contribution in [1.29, 1.82) is 0 Å². The topological polar surface area (TPSA) is 98.7 Å². The van der Waals surface area contributed by atoms with Gasteiger partial charge in [-0.25, -0.2) is 4.68 Å². The van der Waals surface area contributed by atoms with Gasteiger partial charge < -0.3 is 11.1 Å². The highest BCUT2D eigenvalue weighted by molar-refractivity contribution is 7.99. The molecule has 2 rings (SSSR count). The van der Waals surface area contributed by atoms with Gasteiger partial charge in [-0.1, -0.05) is 23.4 Å². The summed E-state index contributed by atoms with van der Waals surface area (Å²) in [6.45, 7) is 0. The number of nitrogens with two attached hydrogens (primary N) is 1.